The minimum Gasteiger partial charge on any atom is -0.452 e. The fourth-order valence-corrected chi connectivity index (χ4v) is 2.43. The molecular formula is C23H32O3. The van der Waals surface area contributed by atoms with Crippen LogP contribution >= 0.6 is 0 Å². The van der Waals surface area contributed by atoms with E-state index in [0.29, 0.717) is 0 Å². The first-order valence-corrected chi connectivity index (χ1v) is 9.44. The second-order valence-corrected chi connectivity index (χ2v) is 5.98. The van der Waals surface area contributed by atoms with Gasteiger partial charge in [0.15, 0.2) is 0 Å². The molecule has 2 unspecified atom stereocenters. The minimum atomic E-state index is -0.291. The van der Waals surface area contributed by atoms with Gasteiger partial charge in [-0.15, -0.1) is 0 Å². The highest BCUT2D eigenvalue weighted by atomic mass is 16.6. The maximum absolute atomic E-state index is 11.1. The summed E-state index contributed by atoms with van der Waals surface area (Å²) >= 11 is 0. The van der Waals surface area contributed by atoms with Crippen molar-refractivity contribution >= 4 is 5.97 Å². The maximum Gasteiger partial charge on any atom is 0.331 e. The summed E-state index contributed by atoms with van der Waals surface area (Å²) in [7, 11) is 1.64. The average Bonchev–Trinajstić information content (AvgIpc) is 3.07. The summed E-state index contributed by atoms with van der Waals surface area (Å²) in [6.45, 7) is 2.15. The van der Waals surface area contributed by atoms with Gasteiger partial charge in [-0.1, -0.05) is 67.7 Å². The Morgan fingerprint density at radius 1 is 0.923 bits per heavy atom. The van der Waals surface area contributed by atoms with Gasteiger partial charge in [0.25, 0.3) is 0 Å². The molecule has 1 aliphatic rings. The molecule has 0 fully saturated rings. The van der Waals surface area contributed by atoms with E-state index in [-0.39, 0.29) is 18.2 Å². The van der Waals surface area contributed by atoms with Crippen LogP contribution in [0.2, 0.25) is 0 Å². The van der Waals surface area contributed by atoms with E-state index in [1.54, 1.807) is 13.2 Å². The number of ether oxygens (including phenoxy) is 2. The molecule has 0 saturated carbocycles. The van der Waals surface area contributed by atoms with Crippen LogP contribution in [0.3, 0.4) is 0 Å². The largest absolute Gasteiger partial charge is 0.452 e. The molecule has 0 spiro atoms. The van der Waals surface area contributed by atoms with Crippen LogP contribution in [-0.2, 0) is 14.3 Å². The van der Waals surface area contributed by atoms with Gasteiger partial charge < -0.3 is 9.47 Å². The normalized spacial score (nSPS) is 19.2. The molecule has 1 rings (SSSR count). The molecule has 0 bridgehead atoms. The Balaban J connectivity index is 2.08. The van der Waals surface area contributed by atoms with E-state index in [1.165, 1.54) is 6.08 Å². The first-order chi connectivity index (χ1) is 12.8. The van der Waals surface area contributed by atoms with E-state index >= 15 is 0 Å². The molecule has 0 aromatic carbocycles. The summed E-state index contributed by atoms with van der Waals surface area (Å²) < 4.78 is 10.5. The lowest BCUT2D eigenvalue weighted by molar-refractivity contribution is -0.143. The van der Waals surface area contributed by atoms with Crippen molar-refractivity contribution in [3.8, 4) is 0 Å². The number of carbonyl (C=O) groups is 1. The molecule has 3 nitrogen and oxygen atoms in total. The molecule has 0 aromatic rings. The number of cyclic esters (lactones) is 1. The van der Waals surface area contributed by atoms with Crippen molar-refractivity contribution in [3.63, 3.8) is 0 Å². The summed E-state index contributed by atoms with van der Waals surface area (Å²) in [5.41, 5.74) is 0. The van der Waals surface area contributed by atoms with Gasteiger partial charge in [-0.2, -0.15) is 0 Å². The van der Waals surface area contributed by atoms with Crippen LogP contribution in [0.25, 0.3) is 0 Å². The van der Waals surface area contributed by atoms with Crippen LogP contribution in [0, 0.1) is 0 Å². The van der Waals surface area contributed by atoms with E-state index in [2.05, 4.69) is 67.7 Å². The van der Waals surface area contributed by atoms with E-state index < -0.39 is 0 Å². The predicted octanol–water partition coefficient (Wildman–Crippen LogP) is 5.62. The van der Waals surface area contributed by atoms with Gasteiger partial charge in [0.2, 0.25) is 0 Å². The lowest BCUT2D eigenvalue weighted by Gasteiger charge is -2.18. The Labute approximate surface area is 158 Å². The number of methoxy groups -OCH3 is 1. The number of carbonyl (C=O) groups excluding carboxylic acids is 1. The molecule has 1 aliphatic heterocycles. The Morgan fingerprint density at radius 2 is 1.42 bits per heavy atom. The Morgan fingerprint density at radius 3 is 1.85 bits per heavy atom. The van der Waals surface area contributed by atoms with Crippen LogP contribution in [0.1, 0.15) is 45.4 Å². The summed E-state index contributed by atoms with van der Waals surface area (Å²) in [5, 5.41) is 0. The van der Waals surface area contributed by atoms with Crippen molar-refractivity contribution in [2.75, 3.05) is 7.11 Å². The smallest absolute Gasteiger partial charge is 0.331 e. The molecule has 0 aromatic heterocycles. The Hall–Kier alpha value is -2.13. The van der Waals surface area contributed by atoms with E-state index in [4.69, 9.17) is 9.47 Å². The van der Waals surface area contributed by atoms with Gasteiger partial charge in [-0.3, -0.25) is 0 Å². The lowest BCUT2D eigenvalue weighted by Crippen LogP contribution is -2.27. The van der Waals surface area contributed by atoms with E-state index in [9.17, 15) is 4.79 Å². The van der Waals surface area contributed by atoms with Gasteiger partial charge in [0, 0.05) is 13.2 Å². The van der Waals surface area contributed by atoms with Crippen LogP contribution < -0.4 is 0 Å². The molecule has 3 heteroatoms. The highest BCUT2D eigenvalue weighted by Crippen LogP contribution is 2.15. The molecule has 0 aliphatic carbocycles. The zero-order chi connectivity index (χ0) is 18.9. The molecule has 0 radical (unpaired) electrons. The predicted molar refractivity (Wildman–Crippen MR) is 109 cm³/mol. The van der Waals surface area contributed by atoms with E-state index in [1.807, 2.05) is 0 Å². The number of hydrogen-bond donors (Lipinski definition) is 0. The Kier molecular flexibility index (Phi) is 12.8. The van der Waals surface area contributed by atoms with Gasteiger partial charge in [-0.05, 0) is 44.6 Å². The molecule has 142 valence electrons. The fourth-order valence-electron chi connectivity index (χ4n) is 2.43. The van der Waals surface area contributed by atoms with Crippen LogP contribution in [-0.4, -0.2) is 25.3 Å². The van der Waals surface area contributed by atoms with Gasteiger partial charge in [0.1, 0.15) is 12.2 Å². The van der Waals surface area contributed by atoms with Gasteiger partial charge in [-0.25, -0.2) is 4.79 Å². The average molecular weight is 357 g/mol. The zero-order valence-corrected chi connectivity index (χ0v) is 16.1. The maximum atomic E-state index is 11.1. The third kappa shape index (κ3) is 10.7. The quantitative estimate of drug-likeness (QED) is 0.317. The topological polar surface area (TPSA) is 35.5 Å². The van der Waals surface area contributed by atoms with Crippen LogP contribution in [0.5, 0.6) is 0 Å². The third-order valence-corrected chi connectivity index (χ3v) is 3.87. The SMILES string of the molecule is CC/C=C\C/C=C\C/C=C\C/C=C\C/C=C\CC(OC)C1C=CC(=O)O1. The van der Waals surface area contributed by atoms with Crippen molar-refractivity contribution in [1.29, 1.82) is 0 Å². The zero-order valence-electron chi connectivity index (χ0n) is 16.1. The summed E-state index contributed by atoms with van der Waals surface area (Å²) in [6, 6.07) is 0. The highest BCUT2D eigenvalue weighted by molar-refractivity contribution is 5.84. The molecule has 0 N–H and O–H groups in total. The summed E-state index contributed by atoms with van der Waals surface area (Å²) in [6.07, 6.45) is 30.2. The van der Waals surface area contributed by atoms with Crippen LogP contribution in [0.4, 0.5) is 0 Å². The first kappa shape index (κ1) is 21.9. The second-order valence-electron chi connectivity index (χ2n) is 5.98. The second kappa shape index (κ2) is 15.2. The monoisotopic (exact) mass is 356 g/mol. The molecule has 0 saturated heterocycles. The minimum absolute atomic E-state index is 0.119. The Bertz CT molecular complexity index is 550. The summed E-state index contributed by atoms with van der Waals surface area (Å²) in [5.74, 6) is -0.291. The molecule has 1 heterocycles. The van der Waals surface area contributed by atoms with Crippen LogP contribution in [0.15, 0.2) is 72.9 Å². The highest BCUT2D eigenvalue weighted by Gasteiger charge is 2.25. The van der Waals surface area contributed by atoms with Gasteiger partial charge in [0.05, 0.1) is 0 Å². The fraction of sp³-hybridized carbons (Fsp3) is 0.435. The number of esters is 1. The standard InChI is InChI=1S/C23H32O3/c1-3-4-5-6-7-8-9-10-11-12-13-14-15-16-17-18-21(25-2)22-19-20-23(24)26-22/h4-5,7-8,10-11,13-14,16-17,19-22H,3,6,9,12,15,18H2,1-2H3/b5-4-,8-7-,11-10-,14-13-,17-16-. The molecule has 2 atom stereocenters. The van der Waals surface area contributed by atoms with Crippen molar-refractivity contribution < 1.29 is 14.3 Å². The number of rotatable bonds is 13. The van der Waals surface area contributed by atoms with Crippen molar-refractivity contribution in [2.45, 2.75) is 57.7 Å². The molecule has 0 amide bonds. The van der Waals surface area contributed by atoms with Gasteiger partial charge >= 0.3 is 5.97 Å². The lowest BCUT2D eigenvalue weighted by atomic mass is 10.1. The first-order valence-electron chi connectivity index (χ1n) is 9.44. The molecular weight excluding hydrogens is 324 g/mol. The van der Waals surface area contributed by atoms with Crippen molar-refractivity contribution in [1.82, 2.24) is 0 Å². The van der Waals surface area contributed by atoms with Crippen molar-refractivity contribution in [3.05, 3.63) is 72.9 Å². The number of allylic oxidation sites excluding steroid dienone is 9. The third-order valence-electron chi connectivity index (χ3n) is 3.87. The molecule has 26 heavy (non-hydrogen) atoms. The number of hydrogen-bond acceptors (Lipinski definition) is 3. The van der Waals surface area contributed by atoms with E-state index in [0.717, 1.165) is 38.5 Å². The summed E-state index contributed by atoms with van der Waals surface area (Å²) in [4.78, 5) is 11.1. The van der Waals surface area contributed by atoms with Crippen molar-refractivity contribution in [2.24, 2.45) is 0 Å².